The van der Waals surface area contributed by atoms with Crippen molar-refractivity contribution in [2.45, 2.75) is 24.4 Å². The lowest BCUT2D eigenvalue weighted by atomic mass is 10.2. The van der Waals surface area contributed by atoms with Gasteiger partial charge in [0.15, 0.2) is 0 Å². The van der Waals surface area contributed by atoms with Gasteiger partial charge >= 0.3 is 5.97 Å². The molecule has 1 aromatic heterocycles. The highest BCUT2D eigenvalue weighted by Crippen LogP contribution is 2.22. The van der Waals surface area contributed by atoms with Crippen molar-refractivity contribution < 1.29 is 23.1 Å². The van der Waals surface area contributed by atoms with E-state index in [4.69, 9.17) is 21.4 Å². The largest absolute Gasteiger partial charge is 0.478 e. The number of carboxylic acid groups (broad SMARTS) is 1. The molecule has 25 heavy (non-hydrogen) atoms. The quantitative estimate of drug-likeness (QED) is 0.617. The number of benzene rings is 1. The topological polar surface area (TPSA) is 123 Å². The highest BCUT2D eigenvalue weighted by molar-refractivity contribution is 7.89. The Bertz CT molecular complexity index is 853. The number of sulfonamides is 1. The van der Waals surface area contributed by atoms with E-state index in [1.54, 1.807) is 11.7 Å². The molecule has 0 aliphatic rings. The first kappa shape index (κ1) is 19.3. The summed E-state index contributed by atoms with van der Waals surface area (Å²) >= 11 is 5.90. The molecule has 136 valence electrons. The predicted octanol–water partition coefficient (Wildman–Crippen LogP) is 1.14. The molecule has 0 aliphatic carbocycles. The first-order chi connectivity index (χ1) is 11.8. The van der Waals surface area contributed by atoms with Crippen LogP contribution in [0.15, 0.2) is 29.4 Å². The Morgan fingerprint density at radius 3 is 2.88 bits per heavy atom. The minimum absolute atomic E-state index is 0.0703. The van der Waals surface area contributed by atoms with E-state index in [1.165, 1.54) is 18.5 Å². The molecule has 1 aromatic carbocycles. The van der Waals surface area contributed by atoms with Crippen LogP contribution in [0.5, 0.6) is 0 Å². The minimum atomic E-state index is -4.02. The van der Waals surface area contributed by atoms with Gasteiger partial charge in [-0.15, -0.1) is 10.2 Å². The number of halogens is 1. The maximum absolute atomic E-state index is 12.4. The Labute approximate surface area is 149 Å². The molecule has 0 unspecified atom stereocenters. The van der Waals surface area contributed by atoms with Crippen molar-refractivity contribution >= 4 is 27.6 Å². The van der Waals surface area contributed by atoms with Crippen molar-refractivity contribution in [2.75, 3.05) is 13.7 Å². The van der Waals surface area contributed by atoms with Gasteiger partial charge in [0, 0.05) is 20.3 Å². The molecule has 0 amide bonds. The molecule has 2 N–H and O–H groups in total. The van der Waals surface area contributed by atoms with Crippen molar-refractivity contribution in [2.24, 2.45) is 0 Å². The smallest absolute Gasteiger partial charge is 0.335 e. The number of rotatable bonds is 9. The average molecular weight is 389 g/mol. The van der Waals surface area contributed by atoms with Crippen LogP contribution in [0.3, 0.4) is 0 Å². The fourth-order valence-corrected chi connectivity index (χ4v) is 3.57. The zero-order chi connectivity index (χ0) is 18.4. The molecule has 0 saturated heterocycles. The van der Waals surface area contributed by atoms with Gasteiger partial charge in [0.1, 0.15) is 17.0 Å². The van der Waals surface area contributed by atoms with Gasteiger partial charge in [-0.2, -0.15) is 0 Å². The van der Waals surface area contributed by atoms with Gasteiger partial charge in [0.25, 0.3) is 0 Å². The summed E-state index contributed by atoms with van der Waals surface area (Å²) < 4.78 is 33.9. The maximum Gasteiger partial charge on any atom is 0.335 e. The van der Waals surface area contributed by atoms with E-state index in [0.717, 1.165) is 12.5 Å². The first-order valence-corrected chi connectivity index (χ1v) is 9.09. The number of aromatic nitrogens is 3. The lowest BCUT2D eigenvalue weighted by Gasteiger charge is -2.10. The second kappa shape index (κ2) is 8.39. The van der Waals surface area contributed by atoms with Gasteiger partial charge < -0.3 is 14.4 Å². The Morgan fingerprint density at radius 2 is 2.20 bits per heavy atom. The molecule has 2 aromatic rings. The van der Waals surface area contributed by atoms with E-state index in [1.807, 2.05) is 0 Å². The van der Waals surface area contributed by atoms with Gasteiger partial charge in [0.2, 0.25) is 10.0 Å². The zero-order valence-electron chi connectivity index (χ0n) is 13.3. The third-order valence-corrected chi connectivity index (χ3v) is 5.21. The van der Waals surface area contributed by atoms with Crippen molar-refractivity contribution in [1.29, 1.82) is 0 Å². The second-order valence-electron chi connectivity index (χ2n) is 5.06. The lowest BCUT2D eigenvalue weighted by Crippen LogP contribution is -2.25. The predicted molar refractivity (Wildman–Crippen MR) is 89.0 cm³/mol. The molecule has 2 rings (SSSR count). The summed E-state index contributed by atoms with van der Waals surface area (Å²) in [6.07, 6.45) is 2.22. The summed E-state index contributed by atoms with van der Waals surface area (Å²) in [4.78, 5) is 10.7. The third-order valence-electron chi connectivity index (χ3n) is 3.33. The van der Waals surface area contributed by atoms with E-state index in [0.29, 0.717) is 19.0 Å². The molecule has 0 bridgehead atoms. The summed E-state index contributed by atoms with van der Waals surface area (Å²) in [5.74, 6) is -0.823. The van der Waals surface area contributed by atoms with Crippen LogP contribution in [-0.4, -0.2) is 48.0 Å². The number of nitrogens with one attached hydrogen (secondary N) is 1. The van der Waals surface area contributed by atoms with Gasteiger partial charge in [-0.1, -0.05) is 11.6 Å². The van der Waals surface area contributed by atoms with E-state index in [9.17, 15) is 13.2 Å². The van der Waals surface area contributed by atoms with E-state index >= 15 is 0 Å². The molecule has 1 heterocycles. The van der Waals surface area contributed by atoms with Crippen molar-refractivity contribution in [3.05, 3.63) is 40.9 Å². The van der Waals surface area contributed by atoms with E-state index in [2.05, 4.69) is 14.9 Å². The number of ether oxygens (including phenoxy) is 1. The number of carboxylic acids is 1. The third kappa shape index (κ3) is 4.98. The highest BCUT2D eigenvalue weighted by Gasteiger charge is 2.21. The molecule has 11 heteroatoms. The minimum Gasteiger partial charge on any atom is -0.478 e. The number of aryl methyl sites for hydroxylation is 1. The standard InChI is InChI=1S/C14H17ClN4O5S/c1-24-6-2-5-19-9-16-18-13(19)8-17-25(22,23)12-7-10(14(20)21)3-4-11(12)15/h3-4,7,9,17H,2,5-6,8H2,1H3,(H,20,21). The van der Waals surface area contributed by atoms with Crippen molar-refractivity contribution in [1.82, 2.24) is 19.5 Å². The molecular weight excluding hydrogens is 372 g/mol. The molecule has 0 spiro atoms. The Morgan fingerprint density at radius 1 is 1.44 bits per heavy atom. The van der Waals surface area contributed by atoms with Gasteiger partial charge in [-0.05, 0) is 24.6 Å². The van der Waals surface area contributed by atoms with Crippen LogP contribution < -0.4 is 4.72 Å². The number of methoxy groups -OCH3 is 1. The Balaban J connectivity index is 2.14. The average Bonchev–Trinajstić information content (AvgIpc) is 3.01. The first-order valence-electron chi connectivity index (χ1n) is 7.23. The normalized spacial score (nSPS) is 11.6. The van der Waals surface area contributed by atoms with E-state index < -0.39 is 16.0 Å². The molecule has 0 radical (unpaired) electrons. The number of carbonyl (C=O) groups is 1. The van der Waals surface area contributed by atoms with Gasteiger partial charge in [0.05, 0.1) is 17.1 Å². The molecule has 0 fully saturated rings. The van der Waals surface area contributed by atoms with Crippen LogP contribution in [0, 0.1) is 0 Å². The molecule has 0 aliphatic heterocycles. The van der Waals surface area contributed by atoms with Crippen LogP contribution >= 0.6 is 11.6 Å². The number of hydrogen-bond acceptors (Lipinski definition) is 6. The van der Waals surface area contributed by atoms with Gasteiger partial charge in [-0.3, -0.25) is 0 Å². The fraction of sp³-hybridized carbons (Fsp3) is 0.357. The summed E-state index contributed by atoms with van der Waals surface area (Å²) in [6.45, 7) is 1.02. The molecule has 0 saturated carbocycles. The number of nitrogens with zero attached hydrogens (tertiary/aromatic N) is 3. The SMILES string of the molecule is COCCCn1cnnc1CNS(=O)(=O)c1cc(C(=O)O)ccc1Cl. The summed E-state index contributed by atoms with van der Waals surface area (Å²) in [5.41, 5.74) is -0.174. The van der Waals surface area contributed by atoms with Crippen LogP contribution in [0.4, 0.5) is 0 Å². The van der Waals surface area contributed by atoms with Crippen molar-refractivity contribution in [3.63, 3.8) is 0 Å². The number of aromatic carboxylic acids is 1. The number of hydrogen-bond donors (Lipinski definition) is 2. The Hall–Kier alpha value is -2.01. The summed E-state index contributed by atoms with van der Waals surface area (Å²) in [6, 6.07) is 3.47. The summed E-state index contributed by atoms with van der Waals surface area (Å²) in [5, 5.41) is 16.6. The maximum atomic E-state index is 12.4. The summed E-state index contributed by atoms with van der Waals surface area (Å²) in [7, 11) is -2.42. The molecule has 0 atom stereocenters. The second-order valence-corrected chi connectivity index (χ2v) is 7.20. The van der Waals surface area contributed by atoms with Crippen LogP contribution in [0.2, 0.25) is 5.02 Å². The van der Waals surface area contributed by atoms with E-state index in [-0.39, 0.29) is 22.0 Å². The molecular formula is C14H17ClN4O5S. The van der Waals surface area contributed by atoms with Crippen LogP contribution in [-0.2, 0) is 27.8 Å². The molecule has 9 nitrogen and oxygen atoms in total. The van der Waals surface area contributed by atoms with Crippen LogP contribution in [0.25, 0.3) is 0 Å². The Kier molecular flexibility index (Phi) is 6.48. The zero-order valence-corrected chi connectivity index (χ0v) is 14.9. The highest BCUT2D eigenvalue weighted by atomic mass is 35.5. The van der Waals surface area contributed by atoms with Gasteiger partial charge in [-0.25, -0.2) is 17.9 Å². The fourth-order valence-electron chi connectivity index (χ4n) is 2.06. The van der Waals surface area contributed by atoms with Crippen LogP contribution in [0.1, 0.15) is 22.6 Å². The van der Waals surface area contributed by atoms with Crippen molar-refractivity contribution in [3.8, 4) is 0 Å². The monoisotopic (exact) mass is 388 g/mol. The lowest BCUT2D eigenvalue weighted by molar-refractivity contribution is 0.0696.